The number of hydrazone groups is 1. The van der Waals surface area contributed by atoms with Gasteiger partial charge in [0.05, 0.1) is 24.0 Å². The van der Waals surface area contributed by atoms with E-state index in [1.54, 1.807) is 31.4 Å². The predicted octanol–water partition coefficient (Wildman–Crippen LogP) is 3.54. The van der Waals surface area contributed by atoms with Gasteiger partial charge in [-0.05, 0) is 68.9 Å². The Morgan fingerprint density at radius 3 is 2.62 bits per heavy atom. The molecule has 0 atom stereocenters. The number of halogens is 2. The standard InChI is InChI=1S/C16H14BrIN2O4/c1-23-14-5-9(3-4-12(14)18)16(22)20-19-8-10-6-15(24-2)13(21)7-11(10)17/h3-8,21H,1-2H3,(H,20,22)/b19-8-. The topological polar surface area (TPSA) is 80.2 Å². The van der Waals surface area contributed by atoms with Crippen molar-refractivity contribution in [2.24, 2.45) is 5.10 Å². The fraction of sp³-hybridized carbons (Fsp3) is 0.125. The number of phenolic OH excluding ortho intramolecular Hbond substituents is 1. The SMILES string of the molecule is COc1cc(/C=N\NC(=O)c2ccc(I)c(OC)c2)c(Br)cc1O. The molecule has 2 aromatic carbocycles. The van der Waals surface area contributed by atoms with Crippen LogP contribution < -0.4 is 14.9 Å². The summed E-state index contributed by atoms with van der Waals surface area (Å²) in [6, 6.07) is 8.22. The fourth-order valence-corrected chi connectivity index (χ4v) is 2.84. The maximum Gasteiger partial charge on any atom is 0.271 e. The first-order valence-electron chi connectivity index (χ1n) is 6.69. The van der Waals surface area contributed by atoms with Gasteiger partial charge in [0.2, 0.25) is 0 Å². The molecule has 2 N–H and O–H groups in total. The summed E-state index contributed by atoms with van der Waals surface area (Å²) >= 11 is 5.44. The highest BCUT2D eigenvalue weighted by Crippen LogP contribution is 2.31. The number of hydrogen-bond acceptors (Lipinski definition) is 5. The highest BCUT2D eigenvalue weighted by molar-refractivity contribution is 14.1. The number of ether oxygens (including phenoxy) is 2. The van der Waals surface area contributed by atoms with Crippen molar-refractivity contribution in [2.45, 2.75) is 0 Å². The van der Waals surface area contributed by atoms with Crippen molar-refractivity contribution in [2.75, 3.05) is 14.2 Å². The first-order chi connectivity index (χ1) is 11.5. The second-order valence-electron chi connectivity index (χ2n) is 4.59. The van der Waals surface area contributed by atoms with Gasteiger partial charge in [-0.2, -0.15) is 5.10 Å². The van der Waals surface area contributed by atoms with E-state index in [1.165, 1.54) is 19.4 Å². The van der Waals surface area contributed by atoms with Crippen LogP contribution in [0.25, 0.3) is 0 Å². The van der Waals surface area contributed by atoms with Gasteiger partial charge in [0.1, 0.15) is 5.75 Å². The number of nitrogens with zero attached hydrogens (tertiary/aromatic N) is 1. The van der Waals surface area contributed by atoms with E-state index >= 15 is 0 Å². The van der Waals surface area contributed by atoms with Crippen LogP contribution in [0.3, 0.4) is 0 Å². The Bertz CT molecular complexity index is 796. The lowest BCUT2D eigenvalue weighted by Gasteiger charge is -2.07. The van der Waals surface area contributed by atoms with Crippen LogP contribution in [-0.4, -0.2) is 31.4 Å². The molecule has 0 radical (unpaired) electrons. The molecule has 0 fully saturated rings. The Morgan fingerprint density at radius 1 is 1.25 bits per heavy atom. The van der Waals surface area contributed by atoms with Crippen LogP contribution >= 0.6 is 38.5 Å². The molecule has 0 aromatic heterocycles. The monoisotopic (exact) mass is 504 g/mol. The minimum absolute atomic E-state index is 0.0107. The van der Waals surface area contributed by atoms with Gasteiger partial charge in [0.25, 0.3) is 5.91 Å². The molecular weight excluding hydrogens is 491 g/mol. The smallest absolute Gasteiger partial charge is 0.271 e. The van der Waals surface area contributed by atoms with Crippen LogP contribution in [0.2, 0.25) is 0 Å². The minimum Gasteiger partial charge on any atom is -0.504 e. The number of rotatable bonds is 5. The van der Waals surface area contributed by atoms with E-state index in [9.17, 15) is 9.90 Å². The summed E-state index contributed by atoms with van der Waals surface area (Å²) in [4.78, 5) is 12.1. The van der Waals surface area contributed by atoms with Crippen LogP contribution in [-0.2, 0) is 0 Å². The number of phenols is 1. The van der Waals surface area contributed by atoms with E-state index in [0.29, 0.717) is 27.1 Å². The first kappa shape index (κ1) is 18.5. The molecule has 0 aliphatic heterocycles. The number of hydrogen-bond donors (Lipinski definition) is 2. The van der Waals surface area contributed by atoms with Gasteiger partial charge in [0, 0.05) is 15.6 Å². The van der Waals surface area contributed by atoms with Crippen LogP contribution in [0.1, 0.15) is 15.9 Å². The van der Waals surface area contributed by atoms with Crippen molar-refractivity contribution in [1.29, 1.82) is 0 Å². The fourth-order valence-electron chi connectivity index (χ4n) is 1.85. The summed E-state index contributed by atoms with van der Waals surface area (Å²) in [7, 11) is 3.00. The summed E-state index contributed by atoms with van der Waals surface area (Å²) in [5.74, 6) is 0.589. The molecule has 0 heterocycles. The van der Waals surface area contributed by atoms with Crippen molar-refractivity contribution in [3.63, 3.8) is 0 Å². The Balaban J connectivity index is 2.13. The third-order valence-electron chi connectivity index (χ3n) is 3.08. The molecule has 126 valence electrons. The van der Waals surface area contributed by atoms with E-state index < -0.39 is 0 Å². The Hall–Kier alpha value is -1.81. The van der Waals surface area contributed by atoms with E-state index in [0.717, 1.165) is 3.57 Å². The van der Waals surface area contributed by atoms with Gasteiger partial charge in [0.15, 0.2) is 11.5 Å². The molecule has 24 heavy (non-hydrogen) atoms. The number of methoxy groups -OCH3 is 2. The van der Waals surface area contributed by atoms with Crippen molar-refractivity contribution >= 4 is 50.6 Å². The molecule has 2 rings (SSSR count). The van der Waals surface area contributed by atoms with Gasteiger partial charge >= 0.3 is 0 Å². The summed E-state index contributed by atoms with van der Waals surface area (Å²) < 4.78 is 11.8. The highest BCUT2D eigenvalue weighted by Gasteiger charge is 2.09. The van der Waals surface area contributed by atoms with Gasteiger partial charge in [-0.1, -0.05) is 0 Å². The molecule has 0 saturated heterocycles. The Labute approximate surface area is 161 Å². The zero-order valence-electron chi connectivity index (χ0n) is 12.8. The summed E-state index contributed by atoms with van der Waals surface area (Å²) in [5.41, 5.74) is 3.53. The highest BCUT2D eigenvalue weighted by atomic mass is 127. The zero-order valence-corrected chi connectivity index (χ0v) is 16.6. The average Bonchev–Trinajstić information content (AvgIpc) is 2.57. The quantitative estimate of drug-likeness (QED) is 0.371. The van der Waals surface area contributed by atoms with Gasteiger partial charge in [-0.15, -0.1) is 0 Å². The number of amides is 1. The van der Waals surface area contributed by atoms with Crippen molar-refractivity contribution < 1.29 is 19.4 Å². The lowest BCUT2D eigenvalue weighted by atomic mass is 10.2. The summed E-state index contributed by atoms with van der Waals surface area (Å²) in [6.07, 6.45) is 1.45. The third-order valence-corrected chi connectivity index (χ3v) is 4.66. The Kier molecular flexibility index (Phi) is 6.44. The predicted molar refractivity (Wildman–Crippen MR) is 103 cm³/mol. The van der Waals surface area contributed by atoms with E-state index in [1.807, 2.05) is 0 Å². The molecule has 0 spiro atoms. The van der Waals surface area contributed by atoms with Crippen LogP contribution in [0.5, 0.6) is 17.2 Å². The van der Waals surface area contributed by atoms with E-state index in [4.69, 9.17) is 9.47 Å². The number of carbonyl (C=O) groups is 1. The average molecular weight is 505 g/mol. The molecule has 6 nitrogen and oxygen atoms in total. The summed E-state index contributed by atoms with van der Waals surface area (Å²) in [5, 5.41) is 13.6. The maximum atomic E-state index is 12.1. The van der Waals surface area contributed by atoms with Crippen molar-refractivity contribution in [3.05, 3.63) is 49.5 Å². The maximum absolute atomic E-state index is 12.1. The van der Waals surface area contributed by atoms with Gasteiger partial charge in [-0.3, -0.25) is 4.79 Å². The van der Waals surface area contributed by atoms with E-state index in [2.05, 4.69) is 49.0 Å². The second-order valence-corrected chi connectivity index (χ2v) is 6.61. The summed E-state index contributed by atoms with van der Waals surface area (Å²) in [6.45, 7) is 0. The molecule has 0 aliphatic rings. The molecule has 2 aromatic rings. The largest absolute Gasteiger partial charge is 0.504 e. The Morgan fingerprint density at radius 2 is 1.96 bits per heavy atom. The minimum atomic E-state index is -0.359. The molecule has 1 amide bonds. The third kappa shape index (κ3) is 4.38. The molecular formula is C16H14BrIN2O4. The molecule has 0 aliphatic carbocycles. The number of benzene rings is 2. The van der Waals surface area contributed by atoms with Gasteiger partial charge in [-0.25, -0.2) is 5.43 Å². The van der Waals surface area contributed by atoms with Crippen molar-refractivity contribution in [1.82, 2.24) is 5.43 Å². The molecule has 0 unspecified atom stereocenters. The van der Waals surface area contributed by atoms with Gasteiger partial charge < -0.3 is 14.6 Å². The van der Waals surface area contributed by atoms with Crippen molar-refractivity contribution in [3.8, 4) is 17.2 Å². The van der Waals surface area contributed by atoms with E-state index in [-0.39, 0.29) is 11.7 Å². The molecule has 0 saturated carbocycles. The second kappa shape index (κ2) is 8.34. The normalized spacial score (nSPS) is 10.7. The number of nitrogens with one attached hydrogen (secondary N) is 1. The lowest BCUT2D eigenvalue weighted by Crippen LogP contribution is -2.17. The zero-order chi connectivity index (χ0) is 17.7. The number of aromatic hydroxyl groups is 1. The van der Waals surface area contributed by atoms with Crippen LogP contribution in [0, 0.1) is 3.57 Å². The lowest BCUT2D eigenvalue weighted by molar-refractivity contribution is 0.0954. The first-order valence-corrected chi connectivity index (χ1v) is 8.57. The van der Waals surface area contributed by atoms with Crippen LogP contribution in [0.15, 0.2) is 39.9 Å². The van der Waals surface area contributed by atoms with Crippen LogP contribution in [0.4, 0.5) is 0 Å². The number of carbonyl (C=O) groups excluding carboxylic acids is 1. The molecule has 8 heteroatoms. The molecule has 0 bridgehead atoms.